The van der Waals surface area contributed by atoms with E-state index < -0.39 is 0 Å². The maximum Gasteiger partial charge on any atom is 0.279 e. The number of fused-ring (bicyclic) bond motifs is 1. The molecule has 1 amide bonds. The Kier molecular flexibility index (Phi) is 4.41. The van der Waals surface area contributed by atoms with Gasteiger partial charge in [-0.1, -0.05) is 30.3 Å². The standard InChI is InChI=1S/C20H16N4OS/c1-2-24(14-8-4-3-5-9-14)20(25)18-17(21-12-13-22-18)19-23-15-10-6-7-11-16(15)26-19/h3-13H,2H2,1H3. The summed E-state index contributed by atoms with van der Waals surface area (Å²) in [6.07, 6.45) is 3.14. The van der Waals surface area contributed by atoms with Gasteiger partial charge in [-0.3, -0.25) is 4.79 Å². The number of benzene rings is 2. The molecule has 2 heterocycles. The summed E-state index contributed by atoms with van der Waals surface area (Å²) >= 11 is 1.51. The van der Waals surface area contributed by atoms with E-state index in [1.165, 1.54) is 11.3 Å². The third-order valence-corrected chi connectivity index (χ3v) is 5.07. The molecule has 0 saturated carbocycles. The van der Waals surface area contributed by atoms with E-state index >= 15 is 0 Å². The van der Waals surface area contributed by atoms with Gasteiger partial charge in [-0.05, 0) is 31.2 Å². The number of amides is 1. The highest BCUT2D eigenvalue weighted by atomic mass is 32.1. The predicted molar refractivity (Wildman–Crippen MR) is 104 cm³/mol. The zero-order chi connectivity index (χ0) is 17.9. The van der Waals surface area contributed by atoms with Crippen LogP contribution in [0.2, 0.25) is 0 Å². The largest absolute Gasteiger partial charge is 0.307 e. The van der Waals surface area contributed by atoms with Crippen molar-refractivity contribution in [2.75, 3.05) is 11.4 Å². The van der Waals surface area contributed by atoms with E-state index in [-0.39, 0.29) is 5.91 Å². The summed E-state index contributed by atoms with van der Waals surface area (Å²) in [4.78, 5) is 28.3. The SMILES string of the molecule is CCN(C(=O)c1nccnc1-c1nc2ccccc2s1)c1ccccc1. The molecular weight excluding hydrogens is 344 g/mol. The quantitative estimate of drug-likeness (QED) is 0.540. The Labute approximate surface area is 155 Å². The van der Waals surface area contributed by atoms with Gasteiger partial charge in [0.05, 0.1) is 10.2 Å². The van der Waals surface area contributed by atoms with Crippen molar-refractivity contribution in [3.63, 3.8) is 0 Å². The van der Waals surface area contributed by atoms with Gasteiger partial charge in [0.2, 0.25) is 0 Å². The van der Waals surface area contributed by atoms with Gasteiger partial charge in [-0.25, -0.2) is 15.0 Å². The van der Waals surface area contributed by atoms with E-state index in [1.807, 2.05) is 61.5 Å². The Morgan fingerprint density at radius 1 is 1.00 bits per heavy atom. The molecule has 6 heteroatoms. The minimum Gasteiger partial charge on any atom is -0.307 e. The number of nitrogens with zero attached hydrogens (tertiary/aromatic N) is 4. The van der Waals surface area contributed by atoms with Crippen molar-refractivity contribution >= 4 is 33.1 Å². The molecule has 5 nitrogen and oxygen atoms in total. The van der Waals surface area contributed by atoms with Gasteiger partial charge in [0.1, 0.15) is 10.7 Å². The van der Waals surface area contributed by atoms with Crippen LogP contribution in [0.1, 0.15) is 17.4 Å². The average Bonchev–Trinajstić information content (AvgIpc) is 3.13. The molecule has 4 rings (SSSR count). The third kappa shape index (κ3) is 2.95. The molecule has 128 valence electrons. The second kappa shape index (κ2) is 7.01. The van der Waals surface area contributed by atoms with E-state index in [4.69, 9.17) is 0 Å². The van der Waals surface area contributed by atoms with E-state index in [1.54, 1.807) is 17.3 Å². The second-order valence-electron chi connectivity index (χ2n) is 5.63. The van der Waals surface area contributed by atoms with Crippen LogP contribution in [0, 0.1) is 0 Å². The first-order valence-electron chi connectivity index (χ1n) is 8.32. The maximum absolute atomic E-state index is 13.2. The van der Waals surface area contributed by atoms with Crippen LogP contribution in [0.15, 0.2) is 67.0 Å². The number of para-hydroxylation sites is 2. The van der Waals surface area contributed by atoms with Gasteiger partial charge in [-0.15, -0.1) is 11.3 Å². The number of carbonyl (C=O) groups excluding carboxylic acids is 1. The lowest BCUT2D eigenvalue weighted by molar-refractivity contribution is 0.0984. The molecule has 2 aromatic carbocycles. The third-order valence-electron chi connectivity index (χ3n) is 4.03. The summed E-state index contributed by atoms with van der Waals surface area (Å²) in [6, 6.07) is 17.5. The van der Waals surface area contributed by atoms with E-state index in [9.17, 15) is 4.79 Å². The fourth-order valence-corrected chi connectivity index (χ4v) is 3.77. The highest BCUT2D eigenvalue weighted by Gasteiger charge is 2.23. The van der Waals surface area contributed by atoms with Crippen LogP contribution >= 0.6 is 11.3 Å². The zero-order valence-corrected chi connectivity index (χ0v) is 15.0. The smallest absolute Gasteiger partial charge is 0.279 e. The summed E-state index contributed by atoms with van der Waals surface area (Å²) < 4.78 is 1.06. The van der Waals surface area contributed by atoms with E-state index in [0.29, 0.717) is 22.9 Å². The van der Waals surface area contributed by atoms with Gasteiger partial charge in [0, 0.05) is 24.6 Å². The summed E-state index contributed by atoms with van der Waals surface area (Å²) in [7, 11) is 0. The van der Waals surface area contributed by atoms with Gasteiger partial charge in [0.25, 0.3) is 5.91 Å². The van der Waals surface area contributed by atoms with Crippen molar-refractivity contribution < 1.29 is 4.79 Å². The van der Waals surface area contributed by atoms with Crippen LogP contribution in [0.5, 0.6) is 0 Å². The molecule has 4 aromatic rings. The lowest BCUT2D eigenvalue weighted by Crippen LogP contribution is -2.31. The fourth-order valence-electron chi connectivity index (χ4n) is 2.80. The van der Waals surface area contributed by atoms with Crippen LogP contribution < -0.4 is 4.90 Å². The van der Waals surface area contributed by atoms with Crippen molar-refractivity contribution in [2.45, 2.75) is 6.92 Å². The number of thiazole rings is 1. The predicted octanol–water partition coefficient (Wildman–Crippen LogP) is 4.42. The molecule has 0 aliphatic heterocycles. The number of hydrogen-bond acceptors (Lipinski definition) is 5. The molecule has 0 aliphatic carbocycles. The van der Waals surface area contributed by atoms with Crippen molar-refractivity contribution in [1.29, 1.82) is 0 Å². The first-order valence-corrected chi connectivity index (χ1v) is 9.13. The Bertz CT molecular complexity index is 1030. The Hall–Kier alpha value is -3.12. The molecule has 0 N–H and O–H groups in total. The topological polar surface area (TPSA) is 59.0 Å². The van der Waals surface area contributed by atoms with Crippen LogP contribution in [0.25, 0.3) is 20.9 Å². The first kappa shape index (κ1) is 16.4. The summed E-state index contributed by atoms with van der Waals surface area (Å²) in [5.41, 5.74) is 2.57. The van der Waals surface area contributed by atoms with Crippen LogP contribution in [0.4, 0.5) is 5.69 Å². The second-order valence-corrected chi connectivity index (χ2v) is 6.66. The minimum absolute atomic E-state index is 0.180. The van der Waals surface area contributed by atoms with E-state index in [0.717, 1.165) is 15.9 Å². The molecule has 26 heavy (non-hydrogen) atoms. The highest BCUT2D eigenvalue weighted by Crippen LogP contribution is 2.31. The van der Waals surface area contributed by atoms with E-state index in [2.05, 4.69) is 15.0 Å². The van der Waals surface area contributed by atoms with Crippen molar-refractivity contribution in [2.24, 2.45) is 0 Å². The summed E-state index contributed by atoms with van der Waals surface area (Å²) in [5.74, 6) is -0.180. The Morgan fingerprint density at radius 2 is 1.73 bits per heavy atom. The van der Waals surface area contributed by atoms with Crippen molar-refractivity contribution in [3.8, 4) is 10.7 Å². The molecule has 0 fully saturated rings. The normalized spacial score (nSPS) is 10.8. The fraction of sp³-hybridized carbons (Fsp3) is 0.100. The van der Waals surface area contributed by atoms with Gasteiger partial charge < -0.3 is 4.90 Å². The molecular formula is C20H16N4OS. The van der Waals surface area contributed by atoms with Crippen molar-refractivity contribution in [1.82, 2.24) is 15.0 Å². The zero-order valence-electron chi connectivity index (χ0n) is 14.2. The average molecular weight is 360 g/mol. The van der Waals surface area contributed by atoms with Gasteiger partial charge >= 0.3 is 0 Å². The molecule has 2 aromatic heterocycles. The number of aromatic nitrogens is 3. The summed E-state index contributed by atoms with van der Waals surface area (Å²) in [6.45, 7) is 2.48. The molecule has 0 radical (unpaired) electrons. The molecule has 0 saturated heterocycles. The lowest BCUT2D eigenvalue weighted by atomic mass is 10.2. The number of anilines is 1. The lowest BCUT2D eigenvalue weighted by Gasteiger charge is -2.21. The monoisotopic (exact) mass is 360 g/mol. The maximum atomic E-state index is 13.2. The Balaban J connectivity index is 1.79. The van der Waals surface area contributed by atoms with Crippen molar-refractivity contribution in [3.05, 3.63) is 72.7 Å². The van der Waals surface area contributed by atoms with Crippen LogP contribution in [0.3, 0.4) is 0 Å². The minimum atomic E-state index is -0.180. The number of rotatable bonds is 4. The van der Waals surface area contributed by atoms with Crippen LogP contribution in [-0.2, 0) is 0 Å². The number of carbonyl (C=O) groups is 1. The molecule has 0 aliphatic rings. The summed E-state index contributed by atoms with van der Waals surface area (Å²) in [5, 5.41) is 0.701. The van der Waals surface area contributed by atoms with Gasteiger partial charge in [-0.2, -0.15) is 0 Å². The van der Waals surface area contributed by atoms with Crippen LogP contribution in [-0.4, -0.2) is 27.4 Å². The van der Waals surface area contributed by atoms with Gasteiger partial charge in [0.15, 0.2) is 5.69 Å². The molecule has 0 atom stereocenters. The first-order chi connectivity index (χ1) is 12.8. The number of hydrogen-bond donors (Lipinski definition) is 0. The molecule has 0 bridgehead atoms. The molecule has 0 unspecified atom stereocenters. The highest BCUT2D eigenvalue weighted by molar-refractivity contribution is 7.21. The Morgan fingerprint density at radius 3 is 2.50 bits per heavy atom. The molecule has 0 spiro atoms.